The van der Waals surface area contributed by atoms with Gasteiger partial charge < -0.3 is 18.7 Å². The van der Waals surface area contributed by atoms with Crippen LogP contribution in [0.4, 0.5) is 0 Å². The molecule has 0 fully saturated rings. The molecule has 1 aromatic rings. The van der Waals surface area contributed by atoms with E-state index in [0.29, 0.717) is 0 Å². The van der Waals surface area contributed by atoms with Crippen LogP contribution in [0.2, 0.25) is 0 Å². The lowest BCUT2D eigenvalue weighted by Gasteiger charge is -2.20. The van der Waals surface area contributed by atoms with E-state index in [1.807, 2.05) is 0 Å². The molecule has 19 heavy (non-hydrogen) atoms. The summed E-state index contributed by atoms with van der Waals surface area (Å²) in [6.07, 6.45) is -0.178. The predicted molar refractivity (Wildman–Crippen MR) is 62.4 cm³/mol. The number of carbonyl (C=O) groups is 2. The van der Waals surface area contributed by atoms with Gasteiger partial charge in [0.2, 0.25) is 0 Å². The molecule has 0 bridgehead atoms. The molecule has 0 aliphatic carbocycles. The van der Waals surface area contributed by atoms with E-state index in [-0.39, 0.29) is 31.0 Å². The molecule has 0 aliphatic rings. The van der Waals surface area contributed by atoms with Gasteiger partial charge in [-0.05, 0) is 12.3 Å². The van der Waals surface area contributed by atoms with Gasteiger partial charge in [0.25, 0.3) is 0 Å². The highest BCUT2D eigenvalue weighted by atomic mass is 16.6. The summed E-state index contributed by atoms with van der Waals surface area (Å²) in [6.45, 7) is 4.62. The standard InChI is InChI=1S/C12H16O7/c1-7-8(19-11(16)18-7)6-17-10(15)5-12(2,3)4-9(13)14/h4-6H2,1-3H3,(H,13,14). The molecular weight excluding hydrogens is 256 g/mol. The topological polar surface area (TPSA) is 107 Å². The van der Waals surface area contributed by atoms with Crippen molar-refractivity contribution in [2.24, 2.45) is 5.41 Å². The Labute approximate surface area is 109 Å². The summed E-state index contributed by atoms with van der Waals surface area (Å²) in [6, 6.07) is 0. The summed E-state index contributed by atoms with van der Waals surface area (Å²) in [7, 11) is 0. The third-order valence-electron chi connectivity index (χ3n) is 2.45. The van der Waals surface area contributed by atoms with Crippen LogP contribution in [0.5, 0.6) is 0 Å². The monoisotopic (exact) mass is 272 g/mol. The first-order valence-corrected chi connectivity index (χ1v) is 5.66. The molecule has 106 valence electrons. The summed E-state index contributed by atoms with van der Waals surface area (Å²) in [4.78, 5) is 32.9. The highest BCUT2D eigenvalue weighted by Gasteiger charge is 2.26. The Morgan fingerprint density at radius 1 is 1.26 bits per heavy atom. The SMILES string of the molecule is Cc1oc(=O)oc1COC(=O)CC(C)(C)CC(=O)O. The molecule has 0 atom stereocenters. The lowest BCUT2D eigenvalue weighted by atomic mass is 9.86. The van der Waals surface area contributed by atoms with Crippen molar-refractivity contribution >= 4 is 11.9 Å². The van der Waals surface area contributed by atoms with Gasteiger partial charge in [-0.25, -0.2) is 4.79 Å². The van der Waals surface area contributed by atoms with Gasteiger partial charge in [-0.3, -0.25) is 9.59 Å². The molecule has 0 spiro atoms. The van der Waals surface area contributed by atoms with E-state index in [2.05, 4.69) is 8.83 Å². The summed E-state index contributed by atoms with van der Waals surface area (Å²) in [5, 5.41) is 8.69. The number of aryl methyl sites for hydroxylation is 1. The number of aliphatic carboxylic acids is 1. The molecule has 1 rings (SSSR count). The summed E-state index contributed by atoms with van der Waals surface area (Å²) >= 11 is 0. The number of rotatable bonds is 6. The number of hydrogen-bond acceptors (Lipinski definition) is 6. The van der Waals surface area contributed by atoms with Gasteiger partial charge in [0.1, 0.15) is 0 Å². The molecule has 1 aromatic heterocycles. The van der Waals surface area contributed by atoms with Crippen molar-refractivity contribution in [3.8, 4) is 0 Å². The van der Waals surface area contributed by atoms with Gasteiger partial charge in [-0.1, -0.05) is 13.8 Å². The van der Waals surface area contributed by atoms with E-state index in [4.69, 9.17) is 9.84 Å². The maximum atomic E-state index is 11.6. The molecule has 7 heteroatoms. The van der Waals surface area contributed by atoms with E-state index in [1.165, 1.54) is 6.92 Å². The number of esters is 1. The van der Waals surface area contributed by atoms with Gasteiger partial charge in [-0.15, -0.1) is 0 Å². The highest BCUT2D eigenvalue weighted by Crippen LogP contribution is 2.25. The van der Waals surface area contributed by atoms with Crippen LogP contribution in [-0.2, 0) is 20.9 Å². The lowest BCUT2D eigenvalue weighted by molar-refractivity contribution is -0.149. The lowest BCUT2D eigenvalue weighted by Crippen LogP contribution is -2.22. The fourth-order valence-corrected chi connectivity index (χ4v) is 1.57. The van der Waals surface area contributed by atoms with Gasteiger partial charge in [0, 0.05) is 0 Å². The Hall–Kier alpha value is -2.05. The van der Waals surface area contributed by atoms with Crippen LogP contribution in [0.3, 0.4) is 0 Å². The van der Waals surface area contributed by atoms with Crippen LogP contribution in [-0.4, -0.2) is 17.0 Å². The van der Waals surface area contributed by atoms with E-state index < -0.39 is 23.2 Å². The normalized spacial score (nSPS) is 11.3. The van der Waals surface area contributed by atoms with Crippen molar-refractivity contribution in [3.63, 3.8) is 0 Å². The van der Waals surface area contributed by atoms with Crippen LogP contribution >= 0.6 is 0 Å². The maximum absolute atomic E-state index is 11.6. The zero-order valence-electron chi connectivity index (χ0n) is 11.0. The van der Waals surface area contributed by atoms with Gasteiger partial charge in [-0.2, -0.15) is 0 Å². The zero-order chi connectivity index (χ0) is 14.6. The summed E-state index contributed by atoms with van der Waals surface area (Å²) < 4.78 is 14.2. The van der Waals surface area contributed by atoms with E-state index in [9.17, 15) is 14.4 Å². The number of carboxylic acid groups (broad SMARTS) is 1. The van der Waals surface area contributed by atoms with Crippen LogP contribution in [0.15, 0.2) is 13.6 Å². The van der Waals surface area contributed by atoms with Crippen molar-refractivity contribution in [1.29, 1.82) is 0 Å². The van der Waals surface area contributed by atoms with Crippen molar-refractivity contribution in [3.05, 3.63) is 22.1 Å². The first kappa shape index (κ1) is 15.0. The molecule has 0 radical (unpaired) electrons. The number of ether oxygens (including phenoxy) is 1. The highest BCUT2D eigenvalue weighted by molar-refractivity contribution is 5.73. The van der Waals surface area contributed by atoms with Crippen LogP contribution in [0.25, 0.3) is 0 Å². The molecule has 7 nitrogen and oxygen atoms in total. The Morgan fingerprint density at radius 3 is 2.37 bits per heavy atom. The van der Waals surface area contributed by atoms with Gasteiger partial charge >= 0.3 is 17.8 Å². The van der Waals surface area contributed by atoms with Crippen molar-refractivity contribution in [2.75, 3.05) is 0 Å². The molecule has 1 N–H and O–H groups in total. The fourth-order valence-electron chi connectivity index (χ4n) is 1.57. The molecular formula is C12H16O7. The van der Waals surface area contributed by atoms with Crippen molar-refractivity contribution < 1.29 is 28.3 Å². The second-order valence-electron chi connectivity index (χ2n) is 5.01. The third kappa shape index (κ3) is 4.99. The average Bonchev–Trinajstić information content (AvgIpc) is 2.51. The molecule has 0 unspecified atom stereocenters. The molecule has 0 amide bonds. The van der Waals surface area contributed by atoms with E-state index in [1.54, 1.807) is 13.8 Å². The first-order chi connectivity index (χ1) is 8.69. The summed E-state index contributed by atoms with van der Waals surface area (Å²) in [5.41, 5.74) is -0.699. The first-order valence-electron chi connectivity index (χ1n) is 5.66. The third-order valence-corrected chi connectivity index (χ3v) is 2.45. The minimum Gasteiger partial charge on any atom is -0.481 e. The zero-order valence-corrected chi connectivity index (χ0v) is 11.0. The summed E-state index contributed by atoms with van der Waals surface area (Å²) in [5.74, 6) is -1.99. The van der Waals surface area contributed by atoms with E-state index >= 15 is 0 Å². The van der Waals surface area contributed by atoms with Gasteiger partial charge in [0.15, 0.2) is 18.1 Å². The molecule has 0 aromatic carbocycles. The van der Waals surface area contributed by atoms with Crippen LogP contribution in [0.1, 0.15) is 38.2 Å². The second-order valence-corrected chi connectivity index (χ2v) is 5.01. The Kier molecular flexibility index (Phi) is 4.52. The maximum Gasteiger partial charge on any atom is 0.519 e. The minimum absolute atomic E-state index is 0.0412. The van der Waals surface area contributed by atoms with E-state index in [0.717, 1.165) is 0 Å². The Bertz CT molecular complexity index is 520. The number of carboxylic acids is 1. The van der Waals surface area contributed by atoms with Gasteiger partial charge in [0.05, 0.1) is 12.8 Å². The van der Waals surface area contributed by atoms with Crippen LogP contribution in [0, 0.1) is 12.3 Å². The quantitative estimate of drug-likeness (QED) is 0.781. The minimum atomic E-state index is -0.977. The van der Waals surface area contributed by atoms with Crippen molar-refractivity contribution in [1.82, 2.24) is 0 Å². The largest absolute Gasteiger partial charge is 0.519 e. The number of hydrogen-bond donors (Lipinski definition) is 1. The molecule has 0 aliphatic heterocycles. The predicted octanol–water partition coefficient (Wildman–Crippen LogP) is 1.48. The van der Waals surface area contributed by atoms with Crippen molar-refractivity contribution in [2.45, 2.75) is 40.2 Å². The average molecular weight is 272 g/mol. The Morgan fingerprint density at radius 2 is 1.89 bits per heavy atom. The fraction of sp³-hybridized carbons (Fsp3) is 0.583. The number of carbonyl (C=O) groups excluding carboxylic acids is 1. The molecule has 1 heterocycles. The molecule has 0 saturated heterocycles. The molecule has 0 saturated carbocycles. The smallest absolute Gasteiger partial charge is 0.481 e. The van der Waals surface area contributed by atoms with Crippen LogP contribution < -0.4 is 5.82 Å². The Balaban J connectivity index is 2.50. The second kappa shape index (κ2) is 5.73.